The highest BCUT2D eigenvalue weighted by Gasteiger charge is 2.19. The van der Waals surface area contributed by atoms with Gasteiger partial charge in [0.05, 0.1) is 5.69 Å². The molecule has 2 nitrogen and oxygen atoms in total. The Morgan fingerprint density at radius 2 is 0.939 bits per heavy atom. The Bertz CT molecular complexity index is 3100. The third kappa shape index (κ3) is 3.80. The number of aromatic nitrogens is 1. The van der Waals surface area contributed by atoms with E-state index >= 15 is 0 Å². The number of fused-ring (bicyclic) bond motifs is 9. The van der Waals surface area contributed by atoms with Gasteiger partial charge in [0.1, 0.15) is 11.2 Å². The van der Waals surface area contributed by atoms with Crippen molar-refractivity contribution < 1.29 is 4.42 Å². The van der Waals surface area contributed by atoms with Crippen molar-refractivity contribution in [3.05, 3.63) is 164 Å². The van der Waals surface area contributed by atoms with E-state index in [0.29, 0.717) is 0 Å². The summed E-state index contributed by atoms with van der Waals surface area (Å²) in [6.07, 6.45) is 1.88. The standard InChI is InChI=1S/C47H27NO/c1-2-13-34-33(12-1)37-16-9-17-38-40-25-29(21-22-35(40)42-27-31(43-19-5-6-23-48-43)26-41(34)46(42)45(37)38)28-10-7-11-30(24-28)32-15-8-18-39-36-14-3-4-20-44(36)49-47(32)39/h1-27H. The fraction of sp³-hybridized carbons (Fsp3) is 0. The molecular weight excluding hydrogens is 595 g/mol. The van der Waals surface area contributed by atoms with Crippen molar-refractivity contribution in [3.8, 4) is 33.5 Å². The maximum absolute atomic E-state index is 6.42. The molecule has 0 N–H and O–H groups in total. The summed E-state index contributed by atoms with van der Waals surface area (Å²) in [7, 11) is 0. The van der Waals surface area contributed by atoms with Crippen LogP contribution in [0.15, 0.2) is 168 Å². The third-order valence-corrected chi connectivity index (χ3v) is 10.4. The minimum Gasteiger partial charge on any atom is -0.455 e. The highest BCUT2D eigenvalue weighted by Crippen LogP contribution is 2.47. The second-order valence-corrected chi connectivity index (χ2v) is 13.1. The van der Waals surface area contributed by atoms with Crippen molar-refractivity contribution in [1.29, 1.82) is 0 Å². The van der Waals surface area contributed by atoms with Crippen molar-refractivity contribution in [3.63, 3.8) is 0 Å². The van der Waals surface area contributed by atoms with Crippen LogP contribution in [0.25, 0.3) is 109 Å². The predicted molar refractivity (Wildman–Crippen MR) is 207 cm³/mol. The van der Waals surface area contributed by atoms with E-state index in [0.717, 1.165) is 44.3 Å². The van der Waals surface area contributed by atoms with Crippen LogP contribution in [0.5, 0.6) is 0 Å². The minimum absolute atomic E-state index is 0.916. The Kier molecular flexibility index (Phi) is 5.42. The summed E-state index contributed by atoms with van der Waals surface area (Å²) in [5.74, 6) is 0. The second kappa shape index (κ2) is 10.00. The van der Waals surface area contributed by atoms with Crippen LogP contribution in [0.2, 0.25) is 0 Å². The molecule has 0 radical (unpaired) electrons. The molecule has 0 aliphatic heterocycles. The van der Waals surface area contributed by atoms with Crippen LogP contribution in [-0.4, -0.2) is 4.98 Å². The smallest absolute Gasteiger partial charge is 0.143 e. The number of hydrogen-bond acceptors (Lipinski definition) is 2. The van der Waals surface area contributed by atoms with E-state index in [-0.39, 0.29) is 0 Å². The molecule has 0 atom stereocenters. The first kappa shape index (κ1) is 26.5. The lowest BCUT2D eigenvalue weighted by molar-refractivity contribution is 0.670. The molecule has 0 aliphatic rings. The van der Waals surface area contributed by atoms with Crippen LogP contribution in [0, 0.1) is 0 Å². The molecule has 49 heavy (non-hydrogen) atoms. The summed E-state index contributed by atoms with van der Waals surface area (Å²) in [5.41, 5.74) is 8.58. The Morgan fingerprint density at radius 3 is 1.78 bits per heavy atom. The van der Waals surface area contributed by atoms with Crippen molar-refractivity contribution in [2.45, 2.75) is 0 Å². The average Bonchev–Trinajstić information content (AvgIpc) is 3.56. The number of furan rings is 1. The Balaban J connectivity index is 1.18. The lowest BCUT2D eigenvalue weighted by atomic mass is 9.84. The van der Waals surface area contributed by atoms with Gasteiger partial charge in [-0.15, -0.1) is 0 Å². The van der Waals surface area contributed by atoms with Crippen LogP contribution in [0.4, 0.5) is 0 Å². The van der Waals surface area contributed by atoms with Crippen molar-refractivity contribution in [2.24, 2.45) is 0 Å². The molecule has 0 spiro atoms. The van der Waals surface area contributed by atoms with Gasteiger partial charge in [-0.05, 0) is 113 Å². The average molecular weight is 622 g/mol. The summed E-state index contributed by atoms with van der Waals surface area (Å²) in [6, 6.07) is 57.1. The molecule has 0 amide bonds. The number of pyridine rings is 1. The molecule has 2 heteroatoms. The Labute approximate surface area is 281 Å². The van der Waals surface area contributed by atoms with Gasteiger partial charge in [0, 0.05) is 28.1 Å². The van der Waals surface area contributed by atoms with Crippen LogP contribution in [0.3, 0.4) is 0 Å². The first-order valence-electron chi connectivity index (χ1n) is 16.8. The highest BCUT2D eigenvalue weighted by molar-refractivity contribution is 6.40. The number of nitrogens with zero attached hydrogens (tertiary/aromatic N) is 1. The van der Waals surface area contributed by atoms with Crippen molar-refractivity contribution in [2.75, 3.05) is 0 Å². The zero-order valence-corrected chi connectivity index (χ0v) is 26.4. The summed E-state index contributed by atoms with van der Waals surface area (Å²) < 4.78 is 6.42. The molecule has 9 aromatic carbocycles. The van der Waals surface area contributed by atoms with Crippen LogP contribution in [0.1, 0.15) is 0 Å². The monoisotopic (exact) mass is 621 g/mol. The Morgan fingerprint density at radius 1 is 0.347 bits per heavy atom. The SMILES string of the molecule is c1ccc(-c2cc3c4ccccc4c4cccc5c6cc(-c7cccc(-c8cccc9c8oc8ccccc89)c7)ccc6c(c2)c3c45)nc1. The van der Waals surface area contributed by atoms with E-state index in [1.54, 1.807) is 0 Å². The molecule has 0 unspecified atom stereocenters. The molecule has 0 aliphatic carbocycles. The van der Waals surface area contributed by atoms with Gasteiger partial charge in [-0.25, -0.2) is 0 Å². The van der Waals surface area contributed by atoms with Gasteiger partial charge in [0.2, 0.25) is 0 Å². The van der Waals surface area contributed by atoms with E-state index in [2.05, 4.69) is 140 Å². The lowest BCUT2D eigenvalue weighted by Crippen LogP contribution is -1.92. The van der Waals surface area contributed by atoms with E-state index in [9.17, 15) is 0 Å². The largest absolute Gasteiger partial charge is 0.455 e. The number of benzene rings is 9. The van der Waals surface area contributed by atoms with E-state index in [1.807, 2.05) is 24.4 Å². The van der Waals surface area contributed by atoms with Gasteiger partial charge in [0.15, 0.2) is 0 Å². The predicted octanol–water partition coefficient (Wildman–Crippen LogP) is 13.2. The minimum atomic E-state index is 0.916. The molecule has 0 bridgehead atoms. The quantitative estimate of drug-likeness (QED) is 0.145. The van der Waals surface area contributed by atoms with Crippen LogP contribution < -0.4 is 0 Å². The molecular formula is C47H27NO. The molecule has 11 aromatic rings. The van der Waals surface area contributed by atoms with Gasteiger partial charge in [-0.3, -0.25) is 4.98 Å². The maximum Gasteiger partial charge on any atom is 0.143 e. The molecule has 226 valence electrons. The molecule has 0 saturated heterocycles. The van der Waals surface area contributed by atoms with Gasteiger partial charge in [0.25, 0.3) is 0 Å². The van der Waals surface area contributed by atoms with Crippen molar-refractivity contribution >= 4 is 75.8 Å². The first-order chi connectivity index (χ1) is 24.3. The molecule has 11 rings (SSSR count). The van der Waals surface area contributed by atoms with E-state index in [4.69, 9.17) is 9.40 Å². The van der Waals surface area contributed by atoms with Gasteiger partial charge < -0.3 is 4.42 Å². The van der Waals surface area contributed by atoms with E-state index in [1.165, 1.54) is 65.0 Å². The van der Waals surface area contributed by atoms with Crippen LogP contribution in [-0.2, 0) is 0 Å². The summed E-state index contributed by atoms with van der Waals surface area (Å²) in [5, 5.41) is 15.1. The Hall–Kier alpha value is -6.51. The molecule has 0 saturated carbocycles. The topological polar surface area (TPSA) is 26.0 Å². The summed E-state index contributed by atoms with van der Waals surface area (Å²) in [4.78, 5) is 4.76. The fourth-order valence-corrected chi connectivity index (χ4v) is 8.26. The number of hydrogen-bond donors (Lipinski definition) is 0. The second-order valence-electron chi connectivity index (χ2n) is 13.1. The zero-order valence-electron chi connectivity index (χ0n) is 26.4. The molecule has 2 heterocycles. The zero-order chi connectivity index (χ0) is 32.1. The van der Waals surface area contributed by atoms with Gasteiger partial charge in [-0.2, -0.15) is 0 Å². The van der Waals surface area contributed by atoms with E-state index < -0.39 is 0 Å². The number of rotatable bonds is 3. The highest BCUT2D eigenvalue weighted by atomic mass is 16.3. The summed E-state index contributed by atoms with van der Waals surface area (Å²) in [6.45, 7) is 0. The third-order valence-electron chi connectivity index (χ3n) is 10.4. The normalized spacial score (nSPS) is 12.1. The lowest BCUT2D eigenvalue weighted by Gasteiger charge is -2.19. The fourth-order valence-electron chi connectivity index (χ4n) is 8.26. The van der Waals surface area contributed by atoms with Crippen LogP contribution >= 0.6 is 0 Å². The van der Waals surface area contributed by atoms with Crippen molar-refractivity contribution in [1.82, 2.24) is 4.98 Å². The first-order valence-corrected chi connectivity index (χ1v) is 16.8. The molecule has 2 aromatic heterocycles. The molecule has 0 fully saturated rings. The number of para-hydroxylation sites is 2. The van der Waals surface area contributed by atoms with Gasteiger partial charge >= 0.3 is 0 Å². The maximum atomic E-state index is 6.42. The van der Waals surface area contributed by atoms with Gasteiger partial charge in [-0.1, -0.05) is 115 Å². The summed E-state index contributed by atoms with van der Waals surface area (Å²) >= 11 is 0.